The quantitative estimate of drug-likeness (QED) is 0.259. The van der Waals surface area contributed by atoms with Crippen molar-refractivity contribution in [3.05, 3.63) is 103 Å². The number of rotatable bonds is 3. The molecule has 0 atom stereocenters. The molecule has 0 aliphatic carbocycles. The Labute approximate surface area is 202 Å². The molecule has 0 aliphatic rings. The third-order valence-electron chi connectivity index (χ3n) is 5.62. The zero-order chi connectivity index (χ0) is 20.0. The van der Waals surface area contributed by atoms with E-state index in [1.54, 1.807) is 0 Å². The summed E-state index contributed by atoms with van der Waals surface area (Å²) < 4.78 is 6.63. The second kappa shape index (κ2) is 8.33. The molecule has 0 saturated heterocycles. The molecular weight excluding hydrogens is 443 g/mol. The summed E-state index contributed by atoms with van der Waals surface area (Å²) in [4.78, 5) is 0. The number of fused-ring (bicyclic) bond motifs is 1. The number of aryl methyl sites for hydroxylation is 1. The monoisotopic (exact) mass is 465 g/mol. The predicted molar refractivity (Wildman–Crippen MR) is 116 cm³/mol. The number of imidazole rings is 1. The molecule has 0 aliphatic heterocycles. The van der Waals surface area contributed by atoms with Crippen molar-refractivity contribution in [2.75, 3.05) is 0 Å². The average molecular weight is 465 g/mol. The molecule has 3 aromatic carbocycles. The summed E-state index contributed by atoms with van der Waals surface area (Å²) in [5.74, 6) is 2.23. The van der Waals surface area contributed by atoms with Crippen LogP contribution in [0.15, 0.2) is 79.0 Å². The summed E-state index contributed by atoms with van der Waals surface area (Å²) in [5, 5.41) is 1.19. The van der Waals surface area contributed by atoms with Gasteiger partial charge in [-0.25, -0.2) is 10.1 Å². The van der Waals surface area contributed by atoms with Crippen molar-refractivity contribution < 1.29 is 37.3 Å². The summed E-state index contributed by atoms with van der Waals surface area (Å²) in [7, 11) is 2.11. The third-order valence-corrected chi connectivity index (χ3v) is 5.62. The fourth-order valence-corrected chi connectivity index (χ4v) is 3.99. The van der Waals surface area contributed by atoms with Crippen LogP contribution in [0.3, 0.4) is 0 Å². The third kappa shape index (κ3) is 3.36. The second-order valence-corrected chi connectivity index (χ2v) is 7.37. The van der Waals surface area contributed by atoms with Gasteiger partial charge < -0.3 is 4.57 Å². The van der Waals surface area contributed by atoms with E-state index >= 15 is 0 Å². The largest absolute Gasteiger partial charge is 0.339 e. The predicted octanol–water partition coefficient (Wildman–Crippen LogP) is 5.13. The van der Waals surface area contributed by atoms with Gasteiger partial charge in [0.15, 0.2) is 11.6 Å². The van der Waals surface area contributed by atoms with E-state index in [1.807, 2.05) is 18.2 Å². The Morgan fingerprint density at radius 1 is 0.867 bits per heavy atom. The Hall–Kier alpha value is -2.49. The van der Waals surface area contributed by atoms with Gasteiger partial charge in [-0.05, 0) is 25.3 Å². The first kappa shape index (κ1) is 20.8. The summed E-state index contributed by atoms with van der Waals surface area (Å²) in [6, 6.07) is 28.3. The summed E-state index contributed by atoms with van der Waals surface area (Å²) in [6.45, 7) is 4.30. The van der Waals surface area contributed by atoms with Gasteiger partial charge >= 0.3 is 0 Å². The molecule has 2 aromatic heterocycles. The van der Waals surface area contributed by atoms with Gasteiger partial charge in [-0.1, -0.05) is 35.9 Å². The first-order valence-corrected chi connectivity index (χ1v) is 9.79. The Balaban J connectivity index is 0.00000218. The standard InChI is InChI=1S/C26H22N3.Y/c1-19-11-10-16-23-24(21-12-6-4-7-13-21)17-29(26(19)23)25-18-28(20(2)27(25)3)22-14-8-5-9-15-22;/h4-12,14-16,18H,1-3H3;/q-1;. The van der Waals surface area contributed by atoms with Crippen molar-refractivity contribution in [1.82, 2.24) is 9.13 Å². The molecule has 0 fully saturated rings. The number of para-hydroxylation sites is 2. The molecule has 5 rings (SSSR count). The van der Waals surface area contributed by atoms with Crippen molar-refractivity contribution in [2.24, 2.45) is 7.05 Å². The van der Waals surface area contributed by atoms with E-state index in [2.05, 4.69) is 108 Å². The first-order valence-electron chi connectivity index (χ1n) is 9.79. The van der Waals surface area contributed by atoms with Gasteiger partial charge in [0.25, 0.3) is 0 Å². The van der Waals surface area contributed by atoms with Gasteiger partial charge in [-0.3, -0.25) is 4.57 Å². The summed E-state index contributed by atoms with van der Waals surface area (Å²) in [5.41, 5.74) is 5.70. The number of aromatic nitrogens is 3. The minimum Gasteiger partial charge on any atom is -0.339 e. The zero-order valence-corrected chi connectivity index (χ0v) is 20.3. The van der Waals surface area contributed by atoms with Gasteiger partial charge in [0, 0.05) is 45.1 Å². The van der Waals surface area contributed by atoms with Gasteiger partial charge in [0.2, 0.25) is 0 Å². The Kier molecular flexibility index (Phi) is 5.77. The Morgan fingerprint density at radius 3 is 2.37 bits per heavy atom. The van der Waals surface area contributed by atoms with Crippen LogP contribution in [-0.4, -0.2) is 9.13 Å². The fourth-order valence-electron chi connectivity index (χ4n) is 3.99. The number of hydrogen-bond donors (Lipinski definition) is 0. The van der Waals surface area contributed by atoms with Gasteiger partial charge in [-0.2, -0.15) is 29.8 Å². The van der Waals surface area contributed by atoms with Gasteiger partial charge in [0.05, 0.1) is 7.05 Å². The maximum absolute atomic E-state index is 3.65. The van der Waals surface area contributed by atoms with Crippen LogP contribution in [0.5, 0.6) is 0 Å². The molecule has 5 aromatic rings. The van der Waals surface area contributed by atoms with Crippen LogP contribution in [0.25, 0.3) is 33.5 Å². The van der Waals surface area contributed by atoms with Crippen molar-refractivity contribution in [3.8, 4) is 22.6 Å². The first-order chi connectivity index (χ1) is 14.1. The smallest absolute Gasteiger partial charge is 0.200 e. The molecule has 0 amide bonds. The summed E-state index contributed by atoms with van der Waals surface area (Å²) in [6.07, 6.45) is 5.83. The fraction of sp³-hybridized carbons (Fsp3) is 0.115. The molecule has 0 spiro atoms. The molecule has 4 heteroatoms. The van der Waals surface area contributed by atoms with Gasteiger partial charge in [0.1, 0.15) is 11.9 Å². The van der Waals surface area contributed by atoms with Gasteiger partial charge in [-0.15, -0.1) is 17.5 Å². The van der Waals surface area contributed by atoms with Crippen LogP contribution in [0.4, 0.5) is 0 Å². The van der Waals surface area contributed by atoms with Crippen LogP contribution in [0.2, 0.25) is 0 Å². The topological polar surface area (TPSA) is 13.7 Å². The van der Waals surface area contributed by atoms with Crippen molar-refractivity contribution >= 4 is 10.9 Å². The van der Waals surface area contributed by atoms with Crippen LogP contribution in [0, 0.1) is 26.1 Å². The van der Waals surface area contributed by atoms with E-state index in [4.69, 9.17) is 0 Å². The SMILES string of the molecule is Cc1cccc2c(-c3[c-]cccc3)[c-]n(-c3cn(-c4ccccc4)c(C)[n+]3C)c12.[Y]. The molecule has 0 bridgehead atoms. The molecule has 1 radical (unpaired) electrons. The van der Waals surface area contributed by atoms with Crippen molar-refractivity contribution in [3.63, 3.8) is 0 Å². The van der Waals surface area contributed by atoms with E-state index in [0.29, 0.717) is 0 Å². The Bertz CT molecular complexity index is 1320. The zero-order valence-electron chi connectivity index (χ0n) is 17.4. The molecular formula is C26H22N3Y-. The van der Waals surface area contributed by atoms with Crippen LogP contribution in [-0.2, 0) is 39.8 Å². The molecule has 145 valence electrons. The normalized spacial score (nSPS) is 10.9. The molecule has 30 heavy (non-hydrogen) atoms. The molecule has 0 unspecified atom stereocenters. The van der Waals surface area contributed by atoms with E-state index < -0.39 is 0 Å². The number of benzene rings is 3. The average Bonchev–Trinajstić information content (AvgIpc) is 3.29. The van der Waals surface area contributed by atoms with Crippen molar-refractivity contribution in [1.29, 1.82) is 0 Å². The molecule has 0 saturated carbocycles. The molecule has 0 N–H and O–H groups in total. The Morgan fingerprint density at radius 2 is 1.63 bits per heavy atom. The maximum Gasteiger partial charge on any atom is 0.200 e. The van der Waals surface area contributed by atoms with E-state index in [-0.39, 0.29) is 32.7 Å². The van der Waals surface area contributed by atoms with E-state index in [9.17, 15) is 0 Å². The van der Waals surface area contributed by atoms with Crippen LogP contribution < -0.4 is 4.57 Å². The number of hydrogen-bond acceptors (Lipinski definition) is 0. The minimum atomic E-state index is 0. The van der Waals surface area contributed by atoms with Crippen molar-refractivity contribution in [2.45, 2.75) is 13.8 Å². The van der Waals surface area contributed by atoms with E-state index in [1.165, 1.54) is 16.5 Å². The van der Waals surface area contributed by atoms with E-state index in [0.717, 1.165) is 28.5 Å². The van der Waals surface area contributed by atoms with Crippen LogP contribution >= 0.6 is 0 Å². The number of nitrogens with zero attached hydrogens (tertiary/aromatic N) is 3. The minimum absolute atomic E-state index is 0. The molecule has 2 heterocycles. The van der Waals surface area contributed by atoms with Crippen LogP contribution in [0.1, 0.15) is 11.4 Å². The second-order valence-electron chi connectivity index (χ2n) is 7.37. The summed E-state index contributed by atoms with van der Waals surface area (Å²) >= 11 is 0. The molecule has 3 nitrogen and oxygen atoms in total. The maximum atomic E-state index is 3.65.